The van der Waals surface area contributed by atoms with Crippen LogP contribution in [0.4, 0.5) is 0 Å². The van der Waals surface area contributed by atoms with Gasteiger partial charge in [0, 0.05) is 112 Å². The molecule has 0 aliphatic rings. The van der Waals surface area contributed by atoms with E-state index < -0.39 is 0 Å². The molecule has 0 saturated carbocycles. The predicted octanol–water partition coefficient (Wildman–Crippen LogP) is 6.68. The molecule has 9 aromatic rings. The Hall–Kier alpha value is -1.78. The van der Waals surface area contributed by atoms with E-state index in [9.17, 15) is 19.5 Å². The van der Waals surface area contributed by atoms with Crippen molar-refractivity contribution in [2.75, 3.05) is 4.93 Å². The van der Waals surface area contributed by atoms with Crippen LogP contribution in [-0.2, 0) is 9.68 Å². The number of rotatable bonds is 1. The van der Waals surface area contributed by atoms with E-state index in [-0.39, 0.29) is 131 Å². The summed E-state index contributed by atoms with van der Waals surface area (Å²) in [5.41, 5.74) is 2.70. The minimum Gasteiger partial charge on any atom is -0.662 e. The summed E-state index contributed by atoms with van der Waals surface area (Å²) >= 11 is 7.03. The number of carbonyl (C=O) groups excluding carboxylic acids is 1. The van der Waals surface area contributed by atoms with Crippen LogP contribution in [0, 0.1) is 13.8 Å². The quantitative estimate of drug-likeness (QED) is 0.0371. The van der Waals surface area contributed by atoms with Crippen LogP contribution >= 0.6 is 56.6 Å². The normalized spacial score (nSPS) is 9.95. The van der Waals surface area contributed by atoms with Gasteiger partial charge in [-0.1, -0.05) is 71.1 Å². The number of halogens is 1. The van der Waals surface area contributed by atoms with E-state index in [0.29, 0.717) is 5.39 Å². The summed E-state index contributed by atoms with van der Waals surface area (Å²) in [6.45, 7) is 3.91. The number of aryl methyl sites for hydroxylation is 2. The second kappa shape index (κ2) is 23.7. The molecular formula is C43H32IK2O7S3. The SMILES string of the molecule is CI.Cc1ccc2c(=O)c3ccccc3sc2c1.Cc1ccc2c(=O)c3ccccc3sc2c1.O=CO[O-].O=c1c2ccccc2sc2cc(O)ccc12.[K+].[K]. The molecule has 0 bridgehead atoms. The number of hydrogen-bond acceptors (Lipinski definition) is 10. The summed E-state index contributed by atoms with van der Waals surface area (Å²) in [5, 5.41) is 22.5. The van der Waals surface area contributed by atoms with Gasteiger partial charge >= 0.3 is 51.4 Å². The van der Waals surface area contributed by atoms with E-state index in [2.05, 4.69) is 39.6 Å². The smallest absolute Gasteiger partial charge is 0.662 e. The molecule has 0 spiro atoms. The third-order valence-corrected chi connectivity index (χ3v) is 11.5. The fourth-order valence-corrected chi connectivity index (χ4v) is 9.05. The van der Waals surface area contributed by atoms with Crippen LogP contribution in [0.3, 0.4) is 0 Å². The van der Waals surface area contributed by atoms with Gasteiger partial charge in [0.15, 0.2) is 16.3 Å². The average Bonchev–Trinajstić information content (AvgIpc) is 3.19. The molecular weight excluding hydrogens is 930 g/mol. The van der Waals surface area contributed by atoms with Gasteiger partial charge < -0.3 is 15.3 Å². The number of aromatic hydroxyl groups is 1. The molecule has 3 heterocycles. The molecule has 0 fully saturated rings. The third-order valence-electron chi connectivity index (χ3n) is 8.07. The summed E-state index contributed by atoms with van der Waals surface area (Å²) in [7, 11) is 0. The average molecular weight is 962 g/mol. The number of alkyl halides is 1. The third kappa shape index (κ3) is 11.9. The maximum atomic E-state index is 12.2. The molecule has 0 amide bonds. The van der Waals surface area contributed by atoms with Crippen LogP contribution in [0.25, 0.3) is 60.5 Å². The minimum atomic E-state index is -0.181. The van der Waals surface area contributed by atoms with Crippen molar-refractivity contribution in [3.8, 4) is 5.75 Å². The molecule has 0 aliphatic heterocycles. The fourth-order valence-electron chi connectivity index (χ4n) is 5.61. The molecule has 1 radical (unpaired) electrons. The van der Waals surface area contributed by atoms with Crippen molar-refractivity contribution in [1.82, 2.24) is 0 Å². The van der Waals surface area contributed by atoms with Crippen molar-refractivity contribution in [2.24, 2.45) is 0 Å². The number of phenolic OH excluding ortho intramolecular Hbond substituents is 1. The molecule has 56 heavy (non-hydrogen) atoms. The first-order valence-corrected chi connectivity index (χ1v) is 20.9. The Balaban J connectivity index is 0.000000207. The fraction of sp³-hybridized carbons (Fsp3) is 0.0698. The molecule has 0 saturated heterocycles. The van der Waals surface area contributed by atoms with Gasteiger partial charge in [0.25, 0.3) is 6.47 Å². The first-order valence-electron chi connectivity index (χ1n) is 16.3. The van der Waals surface area contributed by atoms with Crippen LogP contribution in [0.5, 0.6) is 5.75 Å². The van der Waals surface area contributed by atoms with Crippen molar-refractivity contribution < 1.29 is 71.4 Å². The Bertz CT molecular complexity index is 2640. The van der Waals surface area contributed by atoms with E-state index in [1.165, 1.54) is 22.5 Å². The topological polar surface area (TPSA) is 121 Å². The first kappa shape index (κ1) is 48.6. The van der Waals surface area contributed by atoms with Gasteiger partial charge in [-0.3, -0.25) is 19.2 Å². The van der Waals surface area contributed by atoms with Crippen molar-refractivity contribution in [3.05, 3.63) is 169 Å². The Labute approximate surface area is 432 Å². The van der Waals surface area contributed by atoms with Crippen molar-refractivity contribution in [1.29, 1.82) is 0 Å². The molecule has 1 N–H and O–H groups in total. The monoisotopic (exact) mass is 961 g/mol. The second-order valence-electron chi connectivity index (χ2n) is 11.7. The van der Waals surface area contributed by atoms with Gasteiger partial charge in [0.05, 0.1) is 0 Å². The van der Waals surface area contributed by atoms with Gasteiger partial charge in [-0.05, 0) is 109 Å². The van der Waals surface area contributed by atoms with Gasteiger partial charge in [-0.15, -0.1) is 34.0 Å². The number of carbonyl (C=O) groups is 1. The summed E-state index contributed by atoms with van der Waals surface area (Å²) in [4.78, 5) is 49.8. The standard InChI is InChI=1S/2C14H10OS.C13H8O2S.CH3I.CH2O3.2K/c2*1-9-6-7-11-13(8-9)16-12-5-3-2-4-10(12)14(11)15;14-8-5-6-10-12(7-8)16-11-4-2-1-3-9(11)13(10)15;1-2;2-1-4-3;;/h2*2-8H,1H3;1-7,14H;1H3;1,3H;;/q;;;;;;+1/p-1. The summed E-state index contributed by atoms with van der Waals surface area (Å²) in [6.07, 6.45) is 0. The molecule has 0 aliphatic carbocycles. The van der Waals surface area contributed by atoms with Crippen LogP contribution in [0.1, 0.15) is 11.1 Å². The molecule has 3 aromatic heterocycles. The maximum Gasteiger partial charge on any atom is 1.00 e. The number of benzene rings is 6. The molecule has 13 heteroatoms. The van der Waals surface area contributed by atoms with Gasteiger partial charge in [0.2, 0.25) is 0 Å². The Kier molecular flexibility index (Phi) is 20.6. The zero-order valence-corrected chi connectivity index (χ0v) is 42.1. The number of hydrogen-bond donors (Lipinski definition) is 1. The van der Waals surface area contributed by atoms with Gasteiger partial charge in [-0.2, -0.15) is 0 Å². The van der Waals surface area contributed by atoms with Crippen molar-refractivity contribution >= 4 is 175 Å². The molecule has 0 atom stereocenters. The van der Waals surface area contributed by atoms with Crippen molar-refractivity contribution in [2.45, 2.75) is 13.8 Å². The first-order chi connectivity index (χ1) is 26.2. The van der Waals surface area contributed by atoms with Crippen LogP contribution in [0.2, 0.25) is 0 Å². The summed E-state index contributed by atoms with van der Waals surface area (Å²) in [5.74, 6) is 0.193. The molecule has 7 nitrogen and oxygen atoms in total. The zero-order valence-electron chi connectivity index (χ0n) is 31.2. The Morgan fingerprint density at radius 3 is 1.14 bits per heavy atom. The van der Waals surface area contributed by atoms with Gasteiger partial charge in [-0.25, -0.2) is 0 Å². The molecule has 0 unspecified atom stereocenters. The van der Waals surface area contributed by atoms with Gasteiger partial charge in [0.1, 0.15) is 5.75 Å². The van der Waals surface area contributed by atoms with E-state index in [0.717, 1.165) is 55.1 Å². The minimum absolute atomic E-state index is 0. The largest absolute Gasteiger partial charge is 1.00 e. The number of phenols is 1. The van der Waals surface area contributed by atoms with E-state index in [1.54, 1.807) is 40.9 Å². The second-order valence-corrected chi connectivity index (χ2v) is 14.9. The summed E-state index contributed by atoms with van der Waals surface area (Å²) in [6, 6.07) is 39.9. The Morgan fingerprint density at radius 2 is 0.804 bits per heavy atom. The van der Waals surface area contributed by atoms with Crippen molar-refractivity contribution in [3.63, 3.8) is 0 Å². The van der Waals surface area contributed by atoms with E-state index in [1.807, 2.05) is 116 Å². The van der Waals surface area contributed by atoms with E-state index in [4.69, 9.17) is 10.1 Å². The van der Waals surface area contributed by atoms with E-state index >= 15 is 0 Å². The predicted molar refractivity (Wildman–Crippen MR) is 241 cm³/mol. The molecule has 6 aromatic carbocycles. The zero-order chi connectivity index (χ0) is 38.8. The molecule has 273 valence electrons. The maximum absolute atomic E-state index is 12.2. The van der Waals surface area contributed by atoms with Crippen LogP contribution < -0.4 is 72.9 Å². The van der Waals surface area contributed by atoms with Crippen LogP contribution in [0.15, 0.2) is 142 Å². The van der Waals surface area contributed by atoms with Crippen LogP contribution in [-0.4, -0.2) is 67.9 Å². The summed E-state index contributed by atoms with van der Waals surface area (Å²) < 4.78 is 6.04. The number of fused-ring (bicyclic) bond motifs is 6. The molecule has 9 rings (SSSR count). The Morgan fingerprint density at radius 1 is 0.518 bits per heavy atom.